The van der Waals surface area contributed by atoms with E-state index in [4.69, 9.17) is 4.74 Å². The van der Waals surface area contributed by atoms with E-state index in [-0.39, 0.29) is 29.0 Å². The molecule has 0 saturated heterocycles. The molecule has 0 spiro atoms. The van der Waals surface area contributed by atoms with Crippen LogP contribution >= 0.6 is 0 Å². The lowest BCUT2D eigenvalue weighted by Gasteiger charge is -2.26. The summed E-state index contributed by atoms with van der Waals surface area (Å²) in [6.07, 6.45) is 0.421. The van der Waals surface area contributed by atoms with Crippen LogP contribution in [0.2, 0.25) is 0 Å². The Balaban J connectivity index is 4.48. The molecular weight excluding hydrogens is 228 g/mol. The highest BCUT2D eigenvalue weighted by atomic mass is 16.6. The first-order valence-corrected chi connectivity index (χ1v) is 6.61. The summed E-state index contributed by atoms with van der Waals surface area (Å²) < 4.78 is 5.34. The molecule has 0 aliphatic carbocycles. The van der Waals surface area contributed by atoms with E-state index in [0.717, 1.165) is 0 Å². The molecular formula is C15H28O3. The number of ether oxygens (including phenoxy) is 1. The second-order valence-electron chi connectivity index (χ2n) is 7.18. The van der Waals surface area contributed by atoms with Crippen molar-refractivity contribution >= 4 is 11.8 Å². The normalized spacial score (nSPS) is 16.0. The van der Waals surface area contributed by atoms with Crippen LogP contribution in [0.5, 0.6) is 0 Å². The summed E-state index contributed by atoms with van der Waals surface area (Å²) in [5.41, 5.74) is -0.818. The summed E-state index contributed by atoms with van der Waals surface area (Å²) in [6.45, 7) is 15.0. The summed E-state index contributed by atoms with van der Waals surface area (Å²) >= 11 is 0. The van der Waals surface area contributed by atoms with Crippen LogP contribution in [0.15, 0.2) is 0 Å². The second-order valence-corrected chi connectivity index (χ2v) is 7.18. The zero-order chi connectivity index (χ0) is 14.7. The first kappa shape index (κ1) is 17.1. The molecule has 0 amide bonds. The van der Waals surface area contributed by atoms with Gasteiger partial charge in [0, 0.05) is 11.8 Å². The van der Waals surface area contributed by atoms with Crippen LogP contribution < -0.4 is 0 Å². The van der Waals surface area contributed by atoms with Crippen LogP contribution in [-0.4, -0.2) is 17.4 Å². The van der Waals surface area contributed by atoms with Crippen molar-refractivity contribution in [3.05, 3.63) is 0 Å². The average molecular weight is 256 g/mol. The third-order valence-electron chi connectivity index (χ3n) is 2.98. The minimum absolute atomic E-state index is 0.00609. The van der Waals surface area contributed by atoms with Gasteiger partial charge in [-0.1, -0.05) is 34.6 Å². The third-order valence-corrected chi connectivity index (χ3v) is 2.98. The molecule has 18 heavy (non-hydrogen) atoms. The zero-order valence-corrected chi connectivity index (χ0v) is 13.1. The highest BCUT2D eigenvalue weighted by Crippen LogP contribution is 2.25. The molecule has 0 aromatic heterocycles. The SMILES string of the molecule is C[C@@H](CC(=O)C(C)(C)C)[C@@H](C)C(=O)OC(C)(C)C. The van der Waals surface area contributed by atoms with E-state index in [9.17, 15) is 9.59 Å². The van der Waals surface area contributed by atoms with Crippen LogP contribution in [0.4, 0.5) is 0 Å². The molecule has 0 saturated carbocycles. The Hall–Kier alpha value is -0.860. The average Bonchev–Trinajstić information content (AvgIpc) is 2.11. The number of hydrogen-bond acceptors (Lipinski definition) is 3. The van der Waals surface area contributed by atoms with Gasteiger partial charge in [0.25, 0.3) is 0 Å². The fourth-order valence-corrected chi connectivity index (χ4v) is 1.40. The van der Waals surface area contributed by atoms with Crippen molar-refractivity contribution in [2.24, 2.45) is 17.3 Å². The monoisotopic (exact) mass is 256 g/mol. The molecule has 0 heterocycles. The van der Waals surface area contributed by atoms with Crippen LogP contribution in [0.3, 0.4) is 0 Å². The Morgan fingerprint density at radius 3 is 1.78 bits per heavy atom. The van der Waals surface area contributed by atoms with E-state index < -0.39 is 5.60 Å². The van der Waals surface area contributed by atoms with E-state index in [0.29, 0.717) is 6.42 Å². The van der Waals surface area contributed by atoms with Gasteiger partial charge in [-0.15, -0.1) is 0 Å². The van der Waals surface area contributed by atoms with Crippen molar-refractivity contribution in [1.29, 1.82) is 0 Å². The molecule has 0 fully saturated rings. The van der Waals surface area contributed by atoms with E-state index in [1.165, 1.54) is 0 Å². The maximum atomic E-state index is 11.9. The highest BCUT2D eigenvalue weighted by molar-refractivity contribution is 5.84. The first-order chi connectivity index (χ1) is 7.84. The largest absolute Gasteiger partial charge is 0.460 e. The Labute approximate surface area is 111 Å². The molecule has 2 atom stereocenters. The van der Waals surface area contributed by atoms with Crippen LogP contribution in [0, 0.1) is 17.3 Å². The van der Waals surface area contributed by atoms with E-state index in [1.807, 2.05) is 55.4 Å². The fraction of sp³-hybridized carbons (Fsp3) is 0.867. The van der Waals surface area contributed by atoms with Crippen molar-refractivity contribution in [2.75, 3.05) is 0 Å². The molecule has 0 aliphatic rings. The second kappa shape index (κ2) is 5.85. The van der Waals surface area contributed by atoms with Gasteiger partial charge in [0.2, 0.25) is 0 Å². The minimum Gasteiger partial charge on any atom is -0.460 e. The first-order valence-electron chi connectivity index (χ1n) is 6.61. The summed E-state index contributed by atoms with van der Waals surface area (Å²) in [7, 11) is 0. The summed E-state index contributed by atoms with van der Waals surface area (Å²) in [4.78, 5) is 23.8. The number of esters is 1. The van der Waals surface area contributed by atoms with Crippen LogP contribution in [-0.2, 0) is 14.3 Å². The van der Waals surface area contributed by atoms with Gasteiger partial charge in [-0.2, -0.15) is 0 Å². The van der Waals surface area contributed by atoms with Gasteiger partial charge in [-0.3, -0.25) is 9.59 Å². The Bertz CT molecular complexity index is 305. The molecule has 3 heteroatoms. The molecule has 0 unspecified atom stereocenters. The summed E-state index contributed by atoms with van der Waals surface area (Å²) in [5.74, 6) is -0.288. The van der Waals surface area contributed by atoms with Gasteiger partial charge in [0.05, 0.1) is 5.92 Å². The predicted octanol–water partition coefficient (Wildman–Crippen LogP) is 3.61. The topological polar surface area (TPSA) is 43.4 Å². The predicted molar refractivity (Wildman–Crippen MR) is 73.3 cm³/mol. The lowest BCUT2D eigenvalue weighted by atomic mass is 9.82. The van der Waals surface area contributed by atoms with Gasteiger partial charge in [0.1, 0.15) is 11.4 Å². The molecule has 3 nitrogen and oxygen atoms in total. The number of carbonyl (C=O) groups excluding carboxylic acids is 2. The standard InChI is InChI=1S/C15H28O3/c1-10(9-12(16)14(3,4)5)11(2)13(17)18-15(6,7)8/h10-11H,9H2,1-8H3/t10-,11+/m0/s1. The van der Waals surface area contributed by atoms with Crippen molar-refractivity contribution in [1.82, 2.24) is 0 Å². The summed E-state index contributed by atoms with van der Waals surface area (Å²) in [5, 5.41) is 0. The quantitative estimate of drug-likeness (QED) is 0.722. The van der Waals surface area contributed by atoms with Gasteiger partial charge in [-0.25, -0.2) is 0 Å². The molecule has 106 valence electrons. The Morgan fingerprint density at radius 1 is 1.00 bits per heavy atom. The van der Waals surface area contributed by atoms with Crippen LogP contribution in [0.1, 0.15) is 61.8 Å². The minimum atomic E-state index is -0.473. The van der Waals surface area contributed by atoms with Crippen LogP contribution in [0.25, 0.3) is 0 Å². The smallest absolute Gasteiger partial charge is 0.309 e. The fourth-order valence-electron chi connectivity index (χ4n) is 1.40. The van der Waals surface area contributed by atoms with Gasteiger partial charge >= 0.3 is 5.97 Å². The number of carbonyl (C=O) groups is 2. The Kier molecular flexibility index (Phi) is 5.57. The molecule has 0 bridgehead atoms. The van der Waals surface area contributed by atoms with E-state index >= 15 is 0 Å². The molecule has 0 radical (unpaired) electrons. The highest BCUT2D eigenvalue weighted by Gasteiger charge is 2.30. The van der Waals surface area contributed by atoms with Crippen molar-refractivity contribution in [3.63, 3.8) is 0 Å². The molecule has 0 rings (SSSR count). The van der Waals surface area contributed by atoms with Gasteiger partial charge in [-0.05, 0) is 26.7 Å². The third kappa shape index (κ3) is 6.18. The van der Waals surface area contributed by atoms with Crippen molar-refractivity contribution < 1.29 is 14.3 Å². The van der Waals surface area contributed by atoms with Crippen molar-refractivity contribution in [3.8, 4) is 0 Å². The lowest BCUT2D eigenvalue weighted by Crippen LogP contribution is -2.32. The number of rotatable bonds is 4. The lowest BCUT2D eigenvalue weighted by molar-refractivity contribution is -0.161. The van der Waals surface area contributed by atoms with E-state index in [2.05, 4.69) is 0 Å². The van der Waals surface area contributed by atoms with E-state index in [1.54, 1.807) is 0 Å². The number of Topliss-reactive ketones (excluding diaryl/α,β-unsaturated/α-hetero) is 1. The maximum Gasteiger partial charge on any atom is 0.309 e. The molecule has 0 N–H and O–H groups in total. The number of hydrogen-bond donors (Lipinski definition) is 0. The number of ketones is 1. The Morgan fingerprint density at radius 2 is 1.44 bits per heavy atom. The van der Waals surface area contributed by atoms with Crippen molar-refractivity contribution in [2.45, 2.75) is 67.4 Å². The molecule has 0 aliphatic heterocycles. The maximum absolute atomic E-state index is 11.9. The zero-order valence-electron chi connectivity index (χ0n) is 13.1. The molecule has 0 aromatic rings. The van der Waals surface area contributed by atoms with Gasteiger partial charge in [0.15, 0.2) is 0 Å². The van der Waals surface area contributed by atoms with Gasteiger partial charge < -0.3 is 4.74 Å². The molecule has 0 aromatic carbocycles. The summed E-state index contributed by atoms with van der Waals surface area (Å²) in [6, 6.07) is 0.